The summed E-state index contributed by atoms with van der Waals surface area (Å²) in [7, 11) is 0. The molecule has 0 amide bonds. The molecule has 0 saturated heterocycles. The van der Waals surface area contributed by atoms with E-state index in [-0.39, 0.29) is 0 Å². The first-order valence-electron chi connectivity index (χ1n) is 7.06. The van der Waals surface area contributed by atoms with Gasteiger partial charge in [0.05, 0.1) is 0 Å². The van der Waals surface area contributed by atoms with Crippen molar-refractivity contribution in [3.05, 3.63) is 103 Å². The Morgan fingerprint density at radius 2 is 0.955 bits per heavy atom. The van der Waals surface area contributed by atoms with Gasteiger partial charge in [-0.2, -0.15) is 0 Å². The highest BCUT2D eigenvalue weighted by Gasteiger charge is 2.03. The molecular formula is C22H22. The minimum absolute atomic E-state index is 1.06. The summed E-state index contributed by atoms with van der Waals surface area (Å²) < 4.78 is 0. The fraction of sp³-hybridized carbons (Fsp3) is 0. The van der Waals surface area contributed by atoms with Gasteiger partial charge in [0.25, 0.3) is 0 Å². The van der Waals surface area contributed by atoms with Crippen LogP contribution in [0.25, 0.3) is 30.4 Å². The lowest BCUT2D eigenvalue weighted by Crippen LogP contribution is -1.89. The predicted molar refractivity (Wildman–Crippen MR) is 103 cm³/mol. The van der Waals surface area contributed by atoms with Gasteiger partial charge in [-0.3, -0.25) is 0 Å². The number of hydrogen-bond acceptors (Lipinski definition) is 0. The van der Waals surface area contributed by atoms with Crippen LogP contribution in [0.1, 0.15) is 27.8 Å². The zero-order chi connectivity index (χ0) is 16.4. The van der Waals surface area contributed by atoms with Gasteiger partial charge >= 0.3 is 0 Å². The Morgan fingerprint density at radius 3 is 1.23 bits per heavy atom. The molecule has 0 fully saturated rings. The van der Waals surface area contributed by atoms with Crippen LogP contribution in [0.2, 0.25) is 0 Å². The molecule has 2 aromatic carbocycles. The van der Waals surface area contributed by atoms with Crippen molar-refractivity contribution in [1.29, 1.82) is 0 Å². The predicted octanol–water partition coefficient (Wildman–Crippen LogP) is 6.59. The lowest BCUT2D eigenvalue weighted by molar-refractivity contribution is 1.55. The molecule has 22 heavy (non-hydrogen) atoms. The van der Waals surface area contributed by atoms with Gasteiger partial charge in [-0.05, 0) is 27.8 Å². The van der Waals surface area contributed by atoms with Crippen molar-refractivity contribution >= 4 is 30.4 Å². The van der Waals surface area contributed by atoms with Crippen LogP contribution in [0, 0.1) is 0 Å². The van der Waals surface area contributed by atoms with Crippen molar-refractivity contribution in [2.24, 2.45) is 0 Å². The van der Waals surface area contributed by atoms with Gasteiger partial charge in [-0.25, -0.2) is 0 Å². The van der Waals surface area contributed by atoms with Crippen molar-refractivity contribution < 1.29 is 0 Å². The normalized spacial score (nSPS) is 8.91. The molecule has 0 unspecified atom stereocenters. The van der Waals surface area contributed by atoms with Crippen LogP contribution in [0.15, 0.2) is 75.4 Å². The summed E-state index contributed by atoms with van der Waals surface area (Å²) in [4.78, 5) is 0. The Labute approximate surface area is 134 Å². The third kappa shape index (κ3) is 4.32. The Hall–Kier alpha value is -2.86. The van der Waals surface area contributed by atoms with Gasteiger partial charge in [0.1, 0.15) is 0 Å². The van der Waals surface area contributed by atoms with Crippen molar-refractivity contribution in [3.63, 3.8) is 0 Å². The van der Waals surface area contributed by atoms with Gasteiger partial charge in [-0.15, -0.1) is 0 Å². The van der Waals surface area contributed by atoms with Gasteiger partial charge in [0, 0.05) is 0 Å². The zero-order valence-corrected chi connectivity index (χ0v) is 13.0. The molecule has 0 aliphatic carbocycles. The molecule has 0 bridgehead atoms. The molecule has 0 radical (unpaired) electrons. The van der Waals surface area contributed by atoms with E-state index in [1.807, 2.05) is 72.8 Å². The molecule has 0 aliphatic rings. The second-order valence-corrected chi connectivity index (χ2v) is 4.50. The molecular weight excluding hydrogens is 264 g/mol. The van der Waals surface area contributed by atoms with Crippen molar-refractivity contribution in [3.8, 4) is 0 Å². The maximum absolute atomic E-state index is 3.79. The van der Waals surface area contributed by atoms with Gasteiger partial charge < -0.3 is 0 Å². The van der Waals surface area contributed by atoms with Crippen molar-refractivity contribution in [1.82, 2.24) is 0 Å². The number of benzene rings is 2. The summed E-state index contributed by atoms with van der Waals surface area (Å²) in [5.74, 6) is 0. The maximum atomic E-state index is 3.79. The molecule has 0 N–H and O–H groups in total. The second-order valence-electron chi connectivity index (χ2n) is 4.50. The molecule has 0 atom stereocenters. The van der Waals surface area contributed by atoms with E-state index in [0.717, 1.165) is 22.3 Å². The standard InChI is InChI=1S/C14H14.C8H8/c1-5-11-9-10-12(6-2)14(8-4)13(11)7-3;1-2-8-6-4-3-5-7-8/h5-10H,1-4H2;2-7H,1H2. The molecule has 2 rings (SSSR count). The highest BCUT2D eigenvalue weighted by Crippen LogP contribution is 2.23. The van der Waals surface area contributed by atoms with E-state index < -0.39 is 0 Å². The van der Waals surface area contributed by atoms with Crippen molar-refractivity contribution in [2.75, 3.05) is 0 Å². The molecule has 110 valence electrons. The number of hydrogen-bond donors (Lipinski definition) is 0. The summed E-state index contributed by atoms with van der Waals surface area (Å²) in [6, 6.07) is 14.0. The molecule has 2 aromatic rings. The highest BCUT2D eigenvalue weighted by atomic mass is 14.1. The molecule has 0 aliphatic heterocycles. The Morgan fingerprint density at radius 1 is 0.500 bits per heavy atom. The lowest BCUT2D eigenvalue weighted by atomic mass is 9.96. The van der Waals surface area contributed by atoms with Crippen LogP contribution in [-0.2, 0) is 0 Å². The smallest absolute Gasteiger partial charge is 0.0112 e. The average molecular weight is 286 g/mol. The van der Waals surface area contributed by atoms with Gasteiger partial charge in [-0.1, -0.05) is 106 Å². The van der Waals surface area contributed by atoms with E-state index in [4.69, 9.17) is 0 Å². The summed E-state index contributed by atoms with van der Waals surface area (Å²) in [6.45, 7) is 18.7. The molecule has 0 heterocycles. The van der Waals surface area contributed by atoms with E-state index >= 15 is 0 Å². The van der Waals surface area contributed by atoms with Crippen LogP contribution in [0.3, 0.4) is 0 Å². The Kier molecular flexibility index (Phi) is 7.15. The van der Waals surface area contributed by atoms with Crippen LogP contribution in [0.4, 0.5) is 0 Å². The van der Waals surface area contributed by atoms with E-state index in [1.165, 1.54) is 5.56 Å². The molecule has 0 saturated carbocycles. The second kappa shape index (κ2) is 9.15. The van der Waals surface area contributed by atoms with Crippen molar-refractivity contribution in [2.45, 2.75) is 0 Å². The fourth-order valence-electron chi connectivity index (χ4n) is 2.07. The minimum Gasteiger partial charge on any atom is -0.0985 e. The first-order chi connectivity index (χ1) is 10.7. The van der Waals surface area contributed by atoms with E-state index in [2.05, 4.69) is 32.9 Å². The lowest BCUT2D eigenvalue weighted by Gasteiger charge is -2.09. The largest absolute Gasteiger partial charge is 0.0985 e. The first kappa shape index (κ1) is 17.2. The number of rotatable bonds is 5. The Balaban J connectivity index is 0.000000255. The minimum atomic E-state index is 1.06. The fourth-order valence-corrected chi connectivity index (χ4v) is 2.07. The highest BCUT2D eigenvalue weighted by molar-refractivity contribution is 5.78. The summed E-state index contributed by atoms with van der Waals surface area (Å²) in [6.07, 6.45) is 9.11. The maximum Gasteiger partial charge on any atom is -0.0112 e. The Bertz CT molecular complexity index is 634. The third-order valence-electron chi connectivity index (χ3n) is 3.24. The van der Waals surface area contributed by atoms with E-state index in [0.29, 0.717) is 0 Å². The van der Waals surface area contributed by atoms with E-state index in [1.54, 1.807) is 0 Å². The van der Waals surface area contributed by atoms with E-state index in [9.17, 15) is 0 Å². The van der Waals surface area contributed by atoms with Crippen LogP contribution >= 0.6 is 0 Å². The zero-order valence-electron chi connectivity index (χ0n) is 13.0. The van der Waals surface area contributed by atoms with Gasteiger partial charge in [0.15, 0.2) is 0 Å². The third-order valence-corrected chi connectivity index (χ3v) is 3.24. The average Bonchev–Trinajstić information content (AvgIpc) is 2.61. The van der Waals surface area contributed by atoms with Crippen LogP contribution < -0.4 is 0 Å². The molecule has 0 spiro atoms. The topological polar surface area (TPSA) is 0 Å². The molecule has 0 heteroatoms. The summed E-state index contributed by atoms with van der Waals surface area (Å²) >= 11 is 0. The summed E-state index contributed by atoms with van der Waals surface area (Å²) in [5, 5.41) is 0. The monoisotopic (exact) mass is 286 g/mol. The first-order valence-corrected chi connectivity index (χ1v) is 7.06. The summed E-state index contributed by atoms with van der Waals surface area (Å²) in [5.41, 5.74) is 5.44. The van der Waals surface area contributed by atoms with Gasteiger partial charge in [0.2, 0.25) is 0 Å². The molecule has 0 nitrogen and oxygen atoms in total. The SMILES string of the molecule is C=Cc1ccc(C=C)c(C=C)c1C=C.C=Cc1ccccc1. The quantitative estimate of drug-likeness (QED) is 0.581. The van der Waals surface area contributed by atoms with Crippen LogP contribution in [-0.4, -0.2) is 0 Å². The molecule has 0 aromatic heterocycles. The van der Waals surface area contributed by atoms with Crippen LogP contribution in [0.5, 0.6) is 0 Å².